The number of nitrogens with two attached hydrogens (primary N) is 1. The van der Waals surface area contributed by atoms with Crippen LogP contribution < -0.4 is 11.1 Å². The van der Waals surface area contributed by atoms with Crippen molar-refractivity contribution in [2.24, 2.45) is 0 Å². The van der Waals surface area contributed by atoms with Crippen LogP contribution >= 0.6 is 0 Å². The summed E-state index contributed by atoms with van der Waals surface area (Å²) in [6.45, 7) is 2.87. The molecular weight excluding hydrogens is 254 g/mol. The van der Waals surface area contributed by atoms with Crippen molar-refractivity contribution in [3.63, 3.8) is 0 Å². The van der Waals surface area contributed by atoms with Gasteiger partial charge < -0.3 is 20.5 Å². The molecular formula is C15H21N3O2. The van der Waals surface area contributed by atoms with Gasteiger partial charge in [0.1, 0.15) is 0 Å². The van der Waals surface area contributed by atoms with Gasteiger partial charge in [-0.1, -0.05) is 0 Å². The molecule has 0 fully saturated rings. The molecule has 0 aliphatic rings. The number of methoxy groups -OCH3 is 1. The van der Waals surface area contributed by atoms with E-state index in [9.17, 15) is 0 Å². The fraction of sp³-hybridized carbons (Fsp3) is 0.400. The standard InChI is InChI=1S/C15H21N3O2/c1-19-9-10-20-8-2-6-18-15-4-3-14(16)13-11-17-7-5-12(13)15/h3-5,7,11,18H,2,6,8-10,16H2,1H3. The summed E-state index contributed by atoms with van der Waals surface area (Å²) in [5, 5.41) is 5.49. The number of nitrogen functional groups attached to an aromatic ring is 1. The summed E-state index contributed by atoms with van der Waals surface area (Å²) < 4.78 is 10.3. The van der Waals surface area contributed by atoms with Crippen LogP contribution in [0, 0.1) is 0 Å². The molecule has 0 amide bonds. The fourth-order valence-corrected chi connectivity index (χ4v) is 2.01. The second-order valence-corrected chi connectivity index (χ2v) is 4.51. The zero-order chi connectivity index (χ0) is 14.2. The molecule has 0 aliphatic carbocycles. The number of nitrogens with one attached hydrogen (secondary N) is 1. The number of aromatic nitrogens is 1. The van der Waals surface area contributed by atoms with E-state index in [1.165, 1.54) is 0 Å². The maximum absolute atomic E-state index is 5.95. The highest BCUT2D eigenvalue weighted by atomic mass is 16.5. The minimum absolute atomic E-state index is 0.642. The number of benzene rings is 1. The summed E-state index contributed by atoms with van der Waals surface area (Å²) in [6.07, 6.45) is 4.52. The molecule has 20 heavy (non-hydrogen) atoms. The number of anilines is 2. The zero-order valence-electron chi connectivity index (χ0n) is 11.8. The first kappa shape index (κ1) is 14.6. The Morgan fingerprint density at radius 3 is 2.90 bits per heavy atom. The van der Waals surface area contributed by atoms with Crippen molar-refractivity contribution >= 4 is 22.1 Å². The first-order valence-electron chi connectivity index (χ1n) is 6.75. The number of hydrogen-bond acceptors (Lipinski definition) is 5. The molecule has 0 saturated heterocycles. The molecule has 0 aliphatic heterocycles. The Morgan fingerprint density at radius 1 is 1.15 bits per heavy atom. The number of fused-ring (bicyclic) bond motifs is 1. The highest BCUT2D eigenvalue weighted by Crippen LogP contribution is 2.27. The summed E-state index contributed by atoms with van der Waals surface area (Å²) in [5.41, 5.74) is 7.78. The molecule has 0 spiro atoms. The van der Waals surface area contributed by atoms with E-state index in [0.29, 0.717) is 13.2 Å². The van der Waals surface area contributed by atoms with Crippen LogP contribution in [0.5, 0.6) is 0 Å². The molecule has 0 atom stereocenters. The van der Waals surface area contributed by atoms with Crippen molar-refractivity contribution in [1.29, 1.82) is 0 Å². The molecule has 1 heterocycles. The van der Waals surface area contributed by atoms with E-state index in [-0.39, 0.29) is 0 Å². The summed E-state index contributed by atoms with van der Waals surface area (Å²) in [4.78, 5) is 4.11. The van der Waals surface area contributed by atoms with E-state index < -0.39 is 0 Å². The van der Waals surface area contributed by atoms with Crippen molar-refractivity contribution in [3.05, 3.63) is 30.6 Å². The highest BCUT2D eigenvalue weighted by Gasteiger charge is 2.03. The van der Waals surface area contributed by atoms with E-state index >= 15 is 0 Å². The van der Waals surface area contributed by atoms with Crippen LogP contribution in [-0.4, -0.2) is 38.5 Å². The van der Waals surface area contributed by atoms with Crippen molar-refractivity contribution in [1.82, 2.24) is 4.98 Å². The highest BCUT2D eigenvalue weighted by molar-refractivity contribution is 6.00. The smallest absolute Gasteiger partial charge is 0.0700 e. The minimum atomic E-state index is 0.642. The normalized spacial score (nSPS) is 10.8. The Balaban J connectivity index is 1.86. The lowest BCUT2D eigenvalue weighted by atomic mass is 10.1. The van der Waals surface area contributed by atoms with Gasteiger partial charge in [-0.15, -0.1) is 0 Å². The lowest BCUT2D eigenvalue weighted by molar-refractivity contribution is 0.0705. The van der Waals surface area contributed by atoms with Gasteiger partial charge in [-0.2, -0.15) is 0 Å². The lowest BCUT2D eigenvalue weighted by Gasteiger charge is -2.11. The maximum atomic E-state index is 5.95. The lowest BCUT2D eigenvalue weighted by Crippen LogP contribution is -2.08. The van der Waals surface area contributed by atoms with Crippen LogP contribution in [-0.2, 0) is 9.47 Å². The van der Waals surface area contributed by atoms with Crippen LogP contribution in [0.1, 0.15) is 6.42 Å². The van der Waals surface area contributed by atoms with Gasteiger partial charge in [-0.05, 0) is 24.6 Å². The van der Waals surface area contributed by atoms with E-state index in [1.54, 1.807) is 19.5 Å². The van der Waals surface area contributed by atoms with E-state index in [2.05, 4.69) is 10.3 Å². The Hall–Kier alpha value is -1.85. The molecule has 1 aromatic carbocycles. The predicted octanol–water partition coefficient (Wildman–Crippen LogP) is 2.28. The van der Waals surface area contributed by atoms with Gasteiger partial charge in [-0.3, -0.25) is 4.98 Å². The second-order valence-electron chi connectivity index (χ2n) is 4.51. The van der Waals surface area contributed by atoms with Gasteiger partial charge >= 0.3 is 0 Å². The Kier molecular flexibility index (Phi) is 5.58. The summed E-state index contributed by atoms with van der Waals surface area (Å²) in [7, 11) is 1.67. The van der Waals surface area contributed by atoms with Gasteiger partial charge in [0.05, 0.1) is 13.2 Å². The number of ether oxygens (including phenoxy) is 2. The molecule has 0 radical (unpaired) electrons. The predicted molar refractivity (Wildman–Crippen MR) is 82.0 cm³/mol. The number of pyridine rings is 1. The SMILES string of the molecule is COCCOCCCNc1ccc(N)c2cnccc12. The average Bonchev–Trinajstić information content (AvgIpc) is 2.49. The third-order valence-corrected chi connectivity index (χ3v) is 3.06. The number of hydrogen-bond donors (Lipinski definition) is 2. The van der Waals surface area contributed by atoms with Crippen LogP contribution in [0.15, 0.2) is 30.6 Å². The van der Waals surface area contributed by atoms with Crippen LogP contribution in [0.25, 0.3) is 10.8 Å². The molecule has 2 aromatic rings. The average molecular weight is 275 g/mol. The molecule has 0 unspecified atom stereocenters. The topological polar surface area (TPSA) is 69.4 Å². The molecule has 5 nitrogen and oxygen atoms in total. The molecule has 3 N–H and O–H groups in total. The molecule has 1 aromatic heterocycles. The van der Waals surface area contributed by atoms with Gasteiger partial charge in [0, 0.05) is 54.8 Å². The van der Waals surface area contributed by atoms with Gasteiger partial charge in [0.15, 0.2) is 0 Å². The first-order valence-corrected chi connectivity index (χ1v) is 6.75. The summed E-state index contributed by atoms with van der Waals surface area (Å²) in [5.74, 6) is 0. The van der Waals surface area contributed by atoms with Gasteiger partial charge in [0.2, 0.25) is 0 Å². The molecule has 0 bridgehead atoms. The van der Waals surface area contributed by atoms with Gasteiger partial charge in [0.25, 0.3) is 0 Å². The quantitative estimate of drug-likeness (QED) is 0.571. The van der Waals surface area contributed by atoms with Crippen molar-refractivity contribution in [2.75, 3.05) is 44.5 Å². The largest absolute Gasteiger partial charge is 0.398 e. The van der Waals surface area contributed by atoms with Crippen LogP contribution in [0.2, 0.25) is 0 Å². The van der Waals surface area contributed by atoms with E-state index in [1.807, 2.05) is 18.2 Å². The van der Waals surface area contributed by atoms with Crippen LogP contribution in [0.4, 0.5) is 11.4 Å². The van der Waals surface area contributed by atoms with Crippen molar-refractivity contribution in [3.8, 4) is 0 Å². The third kappa shape index (κ3) is 3.82. The first-order chi connectivity index (χ1) is 9.83. The monoisotopic (exact) mass is 275 g/mol. The second kappa shape index (κ2) is 7.67. The van der Waals surface area contributed by atoms with Crippen molar-refractivity contribution < 1.29 is 9.47 Å². The number of nitrogens with zero attached hydrogens (tertiary/aromatic N) is 1. The summed E-state index contributed by atoms with van der Waals surface area (Å²) >= 11 is 0. The Bertz CT molecular complexity index is 546. The van der Waals surface area contributed by atoms with Gasteiger partial charge in [-0.25, -0.2) is 0 Å². The Labute approximate surface area is 119 Å². The van der Waals surface area contributed by atoms with E-state index in [4.69, 9.17) is 15.2 Å². The molecule has 2 rings (SSSR count). The fourth-order valence-electron chi connectivity index (χ4n) is 2.01. The third-order valence-electron chi connectivity index (χ3n) is 3.06. The van der Waals surface area contributed by atoms with E-state index in [0.717, 1.165) is 41.7 Å². The zero-order valence-corrected chi connectivity index (χ0v) is 11.8. The van der Waals surface area contributed by atoms with Crippen molar-refractivity contribution in [2.45, 2.75) is 6.42 Å². The van der Waals surface area contributed by atoms with Crippen LogP contribution in [0.3, 0.4) is 0 Å². The summed E-state index contributed by atoms with van der Waals surface area (Å²) in [6, 6.07) is 5.88. The minimum Gasteiger partial charge on any atom is -0.398 e. The maximum Gasteiger partial charge on any atom is 0.0700 e. The number of rotatable bonds is 8. The molecule has 108 valence electrons. The molecule has 0 saturated carbocycles. The Morgan fingerprint density at radius 2 is 2.05 bits per heavy atom. The molecule has 5 heteroatoms.